The maximum atomic E-state index is 13.5. The predicted molar refractivity (Wildman–Crippen MR) is 151 cm³/mol. The highest BCUT2D eigenvalue weighted by Crippen LogP contribution is 2.48. The number of carbonyl (C=O) groups excluding carboxylic acids is 1. The van der Waals surface area contributed by atoms with Crippen LogP contribution in [-0.2, 0) is 12.0 Å². The van der Waals surface area contributed by atoms with Crippen molar-refractivity contribution in [1.29, 1.82) is 0 Å². The van der Waals surface area contributed by atoms with Crippen LogP contribution < -0.4 is 15.0 Å². The maximum Gasteiger partial charge on any atom is 0.573 e. The number of carbonyl (C=O) groups is 1. The van der Waals surface area contributed by atoms with Crippen molar-refractivity contribution in [3.63, 3.8) is 0 Å². The van der Waals surface area contributed by atoms with Crippen molar-refractivity contribution in [2.45, 2.75) is 45.0 Å². The first kappa shape index (κ1) is 31.0. The standard InChI is InChI=1S/C29H27F5N4O2.C2H6/c30-22-5-3-20(4-6-22)2-1-13-37-14-10-28(11-15-37)19-38(27(39)36-18-21-9-12-35-26(31)16-21)25-17-23(7-8-24(25)28)40-29(32,33)34;1-2/h1-9,12,16-17H,10-11,13-15,18-19H2,(H,36,39);1-2H3/b2-1+;. The molecular weight excluding hydrogens is 555 g/mol. The Morgan fingerprint density at radius 1 is 1.05 bits per heavy atom. The Kier molecular flexibility index (Phi) is 9.82. The van der Waals surface area contributed by atoms with Crippen LogP contribution in [0.3, 0.4) is 0 Å². The lowest BCUT2D eigenvalue weighted by Crippen LogP contribution is -2.47. The molecule has 1 fully saturated rings. The minimum Gasteiger partial charge on any atom is -0.406 e. The Labute approximate surface area is 241 Å². The summed E-state index contributed by atoms with van der Waals surface area (Å²) in [5.41, 5.74) is 2.14. The summed E-state index contributed by atoms with van der Waals surface area (Å²) in [6.45, 7) is 6.46. The van der Waals surface area contributed by atoms with Gasteiger partial charge in [0.1, 0.15) is 11.6 Å². The summed E-state index contributed by atoms with van der Waals surface area (Å²) in [5, 5.41) is 2.74. The molecule has 0 saturated carbocycles. The zero-order valence-electron chi connectivity index (χ0n) is 23.4. The Balaban J connectivity index is 0.00000198. The SMILES string of the molecule is CC.O=C(NCc1ccnc(F)c1)N1CC2(CCN(C/C=C/c3ccc(F)cc3)CC2)c2ccc(OC(F)(F)F)cc21. The molecule has 2 amide bonds. The van der Waals surface area contributed by atoms with Crippen molar-refractivity contribution in [1.82, 2.24) is 15.2 Å². The Morgan fingerprint density at radius 2 is 1.76 bits per heavy atom. The monoisotopic (exact) mass is 588 g/mol. The molecule has 0 unspecified atom stereocenters. The van der Waals surface area contributed by atoms with E-state index >= 15 is 0 Å². The van der Waals surface area contributed by atoms with Gasteiger partial charge in [0.05, 0.1) is 5.69 Å². The van der Waals surface area contributed by atoms with E-state index in [1.807, 2.05) is 26.0 Å². The number of nitrogens with one attached hydrogen (secondary N) is 1. The van der Waals surface area contributed by atoms with Gasteiger partial charge in [0, 0.05) is 37.3 Å². The molecule has 0 aliphatic carbocycles. The molecule has 1 N–H and O–H groups in total. The van der Waals surface area contributed by atoms with Crippen molar-refractivity contribution < 1.29 is 31.5 Å². The van der Waals surface area contributed by atoms with Gasteiger partial charge in [0.25, 0.3) is 0 Å². The molecule has 1 aromatic heterocycles. The number of aromatic nitrogens is 1. The molecular formula is C31H33F5N4O2. The number of pyridine rings is 1. The number of amides is 2. The fourth-order valence-electron chi connectivity index (χ4n) is 5.36. The third kappa shape index (κ3) is 7.64. The fourth-order valence-corrected chi connectivity index (χ4v) is 5.36. The van der Waals surface area contributed by atoms with Crippen molar-refractivity contribution in [2.24, 2.45) is 0 Å². The average molecular weight is 589 g/mol. The first-order valence-electron chi connectivity index (χ1n) is 13.8. The largest absolute Gasteiger partial charge is 0.573 e. The third-order valence-electron chi connectivity index (χ3n) is 7.36. The van der Waals surface area contributed by atoms with Gasteiger partial charge in [-0.25, -0.2) is 14.2 Å². The summed E-state index contributed by atoms with van der Waals surface area (Å²) in [5.74, 6) is -1.37. The van der Waals surface area contributed by atoms with E-state index < -0.39 is 29.5 Å². The topological polar surface area (TPSA) is 57.7 Å². The quantitative estimate of drug-likeness (QED) is 0.248. The second-order valence-electron chi connectivity index (χ2n) is 9.99. The number of benzene rings is 2. The molecule has 1 saturated heterocycles. The Bertz CT molecular complexity index is 1390. The maximum absolute atomic E-state index is 13.5. The zero-order chi connectivity index (χ0) is 30.3. The number of hydrogen-bond acceptors (Lipinski definition) is 4. The molecule has 0 atom stereocenters. The molecule has 5 rings (SSSR count). The number of nitrogens with zero attached hydrogens (tertiary/aromatic N) is 3. The van der Waals surface area contributed by atoms with Gasteiger partial charge in [-0.05, 0) is 73.0 Å². The van der Waals surface area contributed by atoms with Crippen LogP contribution in [0, 0.1) is 11.8 Å². The Hall–Kier alpha value is -3.99. The van der Waals surface area contributed by atoms with Crippen LogP contribution in [0.2, 0.25) is 0 Å². The van der Waals surface area contributed by atoms with E-state index in [4.69, 9.17) is 0 Å². The number of fused-ring (bicyclic) bond motifs is 2. The highest BCUT2D eigenvalue weighted by atomic mass is 19.4. The molecule has 2 aliphatic heterocycles. The summed E-state index contributed by atoms with van der Waals surface area (Å²) in [4.78, 5) is 20.4. The lowest BCUT2D eigenvalue weighted by Gasteiger charge is -2.39. The van der Waals surface area contributed by atoms with Gasteiger partial charge >= 0.3 is 12.4 Å². The summed E-state index contributed by atoms with van der Waals surface area (Å²) in [7, 11) is 0. The van der Waals surface area contributed by atoms with E-state index in [0.717, 1.165) is 24.2 Å². The van der Waals surface area contributed by atoms with Crippen molar-refractivity contribution >= 4 is 17.8 Å². The highest BCUT2D eigenvalue weighted by Gasteiger charge is 2.46. The first-order chi connectivity index (χ1) is 20.1. The number of likely N-dealkylation sites (tertiary alicyclic amines) is 1. The Morgan fingerprint density at radius 3 is 2.43 bits per heavy atom. The molecule has 224 valence electrons. The number of anilines is 1. The van der Waals surface area contributed by atoms with Crippen molar-refractivity contribution in [2.75, 3.05) is 31.1 Å². The van der Waals surface area contributed by atoms with Crippen LogP contribution in [-0.4, -0.2) is 48.5 Å². The number of piperidine rings is 1. The molecule has 42 heavy (non-hydrogen) atoms. The lowest BCUT2D eigenvalue weighted by molar-refractivity contribution is -0.274. The number of hydrogen-bond donors (Lipinski definition) is 1. The molecule has 2 aliphatic rings. The van der Waals surface area contributed by atoms with Gasteiger partial charge in [0.15, 0.2) is 0 Å². The van der Waals surface area contributed by atoms with Crippen LogP contribution >= 0.6 is 0 Å². The summed E-state index contributed by atoms with van der Waals surface area (Å²) < 4.78 is 69.5. The zero-order valence-corrected chi connectivity index (χ0v) is 23.4. The first-order valence-corrected chi connectivity index (χ1v) is 13.8. The van der Waals surface area contributed by atoms with Crippen LogP contribution in [0.15, 0.2) is 66.9 Å². The van der Waals surface area contributed by atoms with Crippen LogP contribution in [0.1, 0.15) is 43.4 Å². The van der Waals surface area contributed by atoms with Gasteiger partial charge in [-0.2, -0.15) is 4.39 Å². The lowest BCUT2D eigenvalue weighted by atomic mass is 9.74. The smallest absolute Gasteiger partial charge is 0.406 e. The molecule has 3 aromatic rings. The molecule has 3 heterocycles. The summed E-state index contributed by atoms with van der Waals surface area (Å²) in [6, 6.07) is 12.6. The average Bonchev–Trinajstić information content (AvgIpc) is 3.27. The summed E-state index contributed by atoms with van der Waals surface area (Å²) >= 11 is 0. The summed E-state index contributed by atoms with van der Waals surface area (Å²) in [6.07, 6.45) is 1.76. The fraction of sp³-hybridized carbons (Fsp3) is 0.355. The second-order valence-corrected chi connectivity index (χ2v) is 9.99. The van der Waals surface area contributed by atoms with Gasteiger partial charge in [0.2, 0.25) is 5.95 Å². The number of alkyl halides is 3. The van der Waals surface area contributed by atoms with E-state index in [-0.39, 0.29) is 12.4 Å². The molecule has 0 bridgehead atoms. The number of halogens is 5. The number of urea groups is 1. The van der Waals surface area contributed by atoms with Crippen LogP contribution in [0.4, 0.5) is 32.4 Å². The van der Waals surface area contributed by atoms with Crippen molar-refractivity contribution in [3.8, 4) is 5.75 Å². The van der Waals surface area contributed by atoms with Gasteiger partial charge < -0.3 is 10.1 Å². The van der Waals surface area contributed by atoms with E-state index in [0.29, 0.717) is 37.2 Å². The molecule has 11 heteroatoms. The predicted octanol–water partition coefficient (Wildman–Crippen LogP) is 7.06. The second kappa shape index (κ2) is 13.3. The molecule has 1 spiro atoms. The van der Waals surface area contributed by atoms with Gasteiger partial charge in [-0.3, -0.25) is 9.80 Å². The van der Waals surface area contributed by atoms with E-state index in [9.17, 15) is 26.7 Å². The van der Waals surface area contributed by atoms with Gasteiger partial charge in [-0.15, -0.1) is 13.2 Å². The van der Waals surface area contributed by atoms with E-state index in [2.05, 4.69) is 19.9 Å². The van der Waals surface area contributed by atoms with E-state index in [1.165, 1.54) is 41.4 Å². The highest BCUT2D eigenvalue weighted by molar-refractivity contribution is 5.95. The minimum atomic E-state index is -4.87. The van der Waals surface area contributed by atoms with Crippen LogP contribution in [0.25, 0.3) is 6.08 Å². The molecule has 0 radical (unpaired) electrons. The van der Waals surface area contributed by atoms with Gasteiger partial charge in [-0.1, -0.05) is 44.2 Å². The normalized spacial score (nSPS) is 16.2. The van der Waals surface area contributed by atoms with E-state index in [1.54, 1.807) is 24.3 Å². The molecule has 2 aromatic carbocycles. The van der Waals surface area contributed by atoms with Crippen molar-refractivity contribution in [3.05, 3.63) is 95.3 Å². The minimum absolute atomic E-state index is 0.0318. The third-order valence-corrected chi connectivity index (χ3v) is 7.36. The molecule has 6 nitrogen and oxygen atoms in total. The number of ether oxygens (including phenoxy) is 1. The van der Waals surface area contributed by atoms with Crippen LogP contribution in [0.5, 0.6) is 5.75 Å². The number of rotatable bonds is 6.